The van der Waals surface area contributed by atoms with E-state index in [1.54, 1.807) is 18.9 Å². The molecule has 0 saturated heterocycles. The van der Waals surface area contributed by atoms with Gasteiger partial charge in [-0.25, -0.2) is 0 Å². The maximum absolute atomic E-state index is 5.72. The average Bonchev–Trinajstić information content (AvgIpc) is 2.04. The Kier molecular flexibility index (Phi) is 3.92. The van der Waals surface area contributed by atoms with Gasteiger partial charge in [-0.2, -0.15) is 11.8 Å². The van der Waals surface area contributed by atoms with Crippen molar-refractivity contribution in [2.24, 2.45) is 0 Å². The molecular formula is C9H14N2OS. The monoisotopic (exact) mass is 198 g/mol. The highest BCUT2D eigenvalue weighted by molar-refractivity contribution is 7.97. The molecule has 0 unspecified atom stereocenters. The summed E-state index contributed by atoms with van der Waals surface area (Å²) in [4.78, 5) is 4.80. The zero-order valence-corrected chi connectivity index (χ0v) is 8.65. The summed E-state index contributed by atoms with van der Waals surface area (Å²) in [6.07, 6.45) is 2.06. The standard InChI is InChI=1S/C9H14N2OS/c1-12-11-9-4-7(6-13-2)3-8(10)5-9/h3-5,11H,6,10H2,1-2H3. The molecule has 72 valence electrons. The maximum atomic E-state index is 5.72. The minimum atomic E-state index is 0.756. The van der Waals surface area contributed by atoms with Crippen molar-refractivity contribution in [1.82, 2.24) is 0 Å². The van der Waals surface area contributed by atoms with Gasteiger partial charge < -0.3 is 5.73 Å². The van der Waals surface area contributed by atoms with Crippen molar-refractivity contribution in [3.05, 3.63) is 23.8 Å². The Morgan fingerprint density at radius 1 is 1.46 bits per heavy atom. The lowest BCUT2D eigenvalue weighted by Crippen LogP contribution is -1.98. The Labute approximate surface area is 82.6 Å². The van der Waals surface area contributed by atoms with Crippen LogP contribution in [0.15, 0.2) is 18.2 Å². The summed E-state index contributed by atoms with van der Waals surface area (Å²) in [5.41, 5.74) is 11.3. The minimum absolute atomic E-state index is 0.756. The molecule has 1 rings (SSSR count). The van der Waals surface area contributed by atoms with Gasteiger partial charge in [0.1, 0.15) is 0 Å². The molecule has 0 radical (unpaired) electrons. The zero-order valence-electron chi connectivity index (χ0n) is 7.83. The van der Waals surface area contributed by atoms with Crippen LogP contribution in [0.3, 0.4) is 0 Å². The number of thioether (sulfide) groups is 1. The van der Waals surface area contributed by atoms with E-state index in [-0.39, 0.29) is 0 Å². The van der Waals surface area contributed by atoms with Gasteiger partial charge in [-0.1, -0.05) is 0 Å². The zero-order chi connectivity index (χ0) is 9.68. The van der Waals surface area contributed by atoms with E-state index in [0.717, 1.165) is 17.1 Å². The molecule has 0 aromatic heterocycles. The van der Waals surface area contributed by atoms with Crippen LogP contribution in [-0.2, 0) is 10.6 Å². The fraction of sp³-hybridized carbons (Fsp3) is 0.333. The third-order valence-electron chi connectivity index (χ3n) is 1.55. The van der Waals surface area contributed by atoms with Gasteiger partial charge in [0, 0.05) is 11.4 Å². The normalized spacial score (nSPS) is 10.0. The van der Waals surface area contributed by atoms with Crippen molar-refractivity contribution in [3.8, 4) is 0 Å². The smallest absolute Gasteiger partial charge is 0.0636 e. The van der Waals surface area contributed by atoms with Crippen molar-refractivity contribution >= 4 is 23.1 Å². The van der Waals surface area contributed by atoms with Crippen LogP contribution in [0.4, 0.5) is 11.4 Å². The predicted molar refractivity (Wildman–Crippen MR) is 58.7 cm³/mol. The number of nitrogens with one attached hydrogen (secondary N) is 1. The molecule has 0 bridgehead atoms. The van der Waals surface area contributed by atoms with E-state index >= 15 is 0 Å². The third-order valence-corrected chi connectivity index (χ3v) is 2.17. The number of hydrogen-bond donors (Lipinski definition) is 2. The first-order valence-electron chi connectivity index (χ1n) is 3.93. The quantitative estimate of drug-likeness (QED) is 0.574. The number of rotatable bonds is 4. The highest BCUT2D eigenvalue weighted by atomic mass is 32.2. The Morgan fingerprint density at radius 2 is 2.23 bits per heavy atom. The van der Waals surface area contributed by atoms with Gasteiger partial charge in [-0.3, -0.25) is 10.3 Å². The van der Waals surface area contributed by atoms with Crippen molar-refractivity contribution in [3.63, 3.8) is 0 Å². The SMILES string of the molecule is CONc1cc(N)cc(CSC)c1. The highest BCUT2D eigenvalue weighted by Crippen LogP contribution is 2.19. The van der Waals surface area contributed by atoms with E-state index in [9.17, 15) is 0 Å². The number of anilines is 2. The number of nitrogen functional groups attached to an aromatic ring is 1. The number of hydrogen-bond acceptors (Lipinski definition) is 4. The van der Waals surface area contributed by atoms with E-state index in [4.69, 9.17) is 10.6 Å². The van der Waals surface area contributed by atoms with E-state index in [1.165, 1.54) is 5.56 Å². The van der Waals surface area contributed by atoms with Gasteiger partial charge in [-0.15, -0.1) is 0 Å². The van der Waals surface area contributed by atoms with Gasteiger partial charge in [-0.05, 0) is 30.0 Å². The molecular weight excluding hydrogens is 184 g/mol. The topological polar surface area (TPSA) is 47.3 Å². The molecule has 0 amide bonds. The van der Waals surface area contributed by atoms with Gasteiger partial charge >= 0.3 is 0 Å². The molecule has 1 aromatic rings. The summed E-state index contributed by atoms with van der Waals surface area (Å²) >= 11 is 1.77. The first-order valence-corrected chi connectivity index (χ1v) is 5.33. The minimum Gasteiger partial charge on any atom is -0.399 e. The maximum Gasteiger partial charge on any atom is 0.0636 e. The molecule has 3 N–H and O–H groups in total. The first-order chi connectivity index (χ1) is 6.26. The fourth-order valence-electron chi connectivity index (χ4n) is 1.15. The van der Waals surface area contributed by atoms with Crippen molar-refractivity contribution in [2.75, 3.05) is 24.6 Å². The van der Waals surface area contributed by atoms with Crippen LogP contribution < -0.4 is 11.2 Å². The highest BCUT2D eigenvalue weighted by Gasteiger charge is 1.97. The Hall–Kier alpha value is -0.870. The second-order valence-corrected chi connectivity index (χ2v) is 3.57. The fourth-order valence-corrected chi connectivity index (χ4v) is 1.65. The first kappa shape index (κ1) is 10.2. The van der Waals surface area contributed by atoms with Gasteiger partial charge in [0.15, 0.2) is 0 Å². The second-order valence-electron chi connectivity index (χ2n) is 2.70. The van der Waals surface area contributed by atoms with Gasteiger partial charge in [0.2, 0.25) is 0 Å². The van der Waals surface area contributed by atoms with Crippen LogP contribution in [0.5, 0.6) is 0 Å². The molecule has 4 heteroatoms. The molecule has 0 spiro atoms. The molecule has 0 aliphatic carbocycles. The van der Waals surface area contributed by atoms with Crippen molar-refractivity contribution in [1.29, 1.82) is 0 Å². The molecule has 3 nitrogen and oxygen atoms in total. The summed E-state index contributed by atoms with van der Waals surface area (Å²) in [5.74, 6) is 0.962. The summed E-state index contributed by atoms with van der Waals surface area (Å²) in [6, 6.07) is 5.83. The van der Waals surface area contributed by atoms with Crippen LogP contribution in [0.1, 0.15) is 5.56 Å². The van der Waals surface area contributed by atoms with E-state index in [0.29, 0.717) is 0 Å². The van der Waals surface area contributed by atoms with Gasteiger partial charge in [0.25, 0.3) is 0 Å². The lowest BCUT2D eigenvalue weighted by atomic mass is 10.2. The molecule has 0 aliphatic heterocycles. The summed E-state index contributed by atoms with van der Waals surface area (Å²) in [6.45, 7) is 0. The predicted octanol–water partition coefficient (Wildman–Crippen LogP) is 2.11. The van der Waals surface area contributed by atoms with Crippen LogP contribution >= 0.6 is 11.8 Å². The largest absolute Gasteiger partial charge is 0.399 e. The van der Waals surface area contributed by atoms with E-state index in [2.05, 4.69) is 11.7 Å². The molecule has 0 saturated carbocycles. The van der Waals surface area contributed by atoms with E-state index < -0.39 is 0 Å². The molecule has 0 aliphatic rings. The number of benzene rings is 1. The molecule has 1 aromatic carbocycles. The average molecular weight is 198 g/mol. The van der Waals surface area contributed by atoms with Crippen molar-refractivity contribution in [2.45, 2.75) is 5.75 Å². The number of nitrogens with two attached hydrogens (primary N) is 1. The Morgan fingerprint density at radius 3 is 2.85 bits per heavy atom. The van der Waals surface area contributed by atoms with Gasteiger partial charge in [0.05, 0.1) is 12.8 Å². The van der Waals surface area contributed by atoms with Crippen LogP contribution in [0.2, 0.25) is 0 Å². The Balaban J connectivity index is 2.83. The van der Waals surface area contributed by atoms with Crippen LogP contribution in [0, 0.1) is 0 Å². The summed E-state index contributed by atoms with van der Waals surface area (Å²) in [5, 5.41) is 0. The third kappa shape index (κ3) is 3.16. The lowest BCUT2D eigenvalue weighted by Gasteiger charge is -2.07. The van der Waals surface area contributed by atoms with E-state index in [1.807, 2.05) is 18.2 Å². The Bertz CT molecular complexity index is 254. The van der Waals surface area contributed by atoms with Crippen LogP contribution in [0.25, 0.3) is 0 Å². The summed E-state index contributed by atoms with van der Waals surface area (Å²) in [7, 11) is 1.58. The van der Waals surface area contributed by atoms with Crippen LogP contribution in [-0.4, -0.2) is 13.4 Å². The lowest BCUT2D eigenvalue weighted by molar-refractivity contribution is 0.271. The second kappa shape index (κ2) is 4.99. The molecule has 0 heterocycles. The van der Waals surface area contributed by atoms with Crippen molar-refractivity contribution < 1.29 is 4.84 Å². The molecule has 0 fully saturated rings. The summed E-state index contributed by atoms with van der Waals surface area (Å²) < 4.78 is 0. The molecule has 0 atom stereocenters. The molecule has 13 heavy (non-hydrogen) atoms.